The summed E-state index contributed by atoms with van der Waals surface area (Å²) in [5.74, 6) is -0.608. The number of carboxylic acids is 1. The molecule has 1 aliphatic rings. The van der Waals surface area contributed by atoms with Crippen LogP contribution in [0.3, 0.4) is 0 Å². The number of thiophene rings is 1. The van der Waals surface area contributed by atoms with Gasteiger partial charge < -0.3 is 10.0 Å². The molecule has 0 radical (unpaired) electrons. The predicted molar refractivity (Wildman–Crippen MR) is 74.8 cm³/mol. The van der Waals surface area contributed by atoms with Crippen molar-refractivity contribution in [2.24, 2.45) is 5.92 Å². The number of nitrogens with zero attached hydrogens (tertiary/aromatic N) is 1. The van der Waals surface area contributed by atoms with Gasteiger partial charge in [-0.25, -0.2) is 4.79 Å². The second-order valence-electron chi connectivity index (χ2n) is 5.40. The molecular formula is C14H19NO3S. The van der Waals surface area contributed by atoms with Crippen molar-refractivity contribution in [3.8, 4) is 0 Å². The minimum atomic E-state index is -0.973. The van der Waals surface area contributed by atoms with Gasteiger partial charge in [0.15, 0.2) is 0 Å². The SMILES string of the molecule is CC(C)C(C)N(C(=O)c1ccc(C(=O)O)s1)C1CC1. The van der Waals surface area contributed by atoms with Gasteiger partial charge in [0.05, 0.1) is 4.88 Å². The Morgan fingerprint density at radius 2 is 1.84 bits per heavy atom. The second-order valence-corrected chi connectivity index (χ2v) is 6.48. The number of aromatic carboxylic acids is 1. The maximum absolute atomic E-state index is 12.6. The van der Waals surface area contributed by atoms with Gasteiger partial charge in [0, 0.05) is 12.1 Å². The fourth-order valence-corrected chi connectivity index (χ4v) is 2.84. The van der Waals surface area contributed by atoms with Gasteiger partial charge in [0.1, 0.15) is 4.88 Å². The maximum atomic E-state index is 12.6. The quantitative estimate of drug-likeness (QED) is 0.902. The summed E-state index contributed by atoms with van der Waals surface area (Å²) in [6.45, 7) is 6.27. The lowest BCUT2D eigenvalue weighted by molar-refractivity contribution is 0.0632. The van der Waals surface area contributed by atoms with Gasteiger partial charge in [-0.15, -0.1) is 11.3 Å². The molecule has 0 aromatic carbocycles. The van der Waals surface area contributed by atoms with Crippen LogP contribution < -0.4 is 0 Å². The monoisotopic (exact) mass is 281 g/mol. The summed E-state index contributed by atoms with van der Waals surface area (Å²) < 4.78 is 0. The van der Waals surface area contributed by atoms with E-state index in [4.69, 9.17) is 5.11 Å². The Labute approximate surface area is 117 Å². The molecule has 5 heteroatoms. The first-order valence-corrected chi connectivity index (χ1v) is 7.39. The molecule has 1 unspecified atom stereocenters. The lowest BCUT2D eigenvalue weighted by Crippen LogP contribution is -2.42. The van der Waals surface area contributed by atoms with Crippen LogP contribution >= 0.6 is 11.3 Å². The first kappa shape index (κ1) is 14.1. The van der Waals surface area contributed by atoms with E-state index in [9.17, 15) is 9.59 Å². The van der Waals surface area contributed by atoms with Gasteiger partial charge in [-0.2, -0.15) is 0 Å². The number of carboxylic acid groups (broad SMARTS) is 1. The molecule has 1 atom stereocenters. The second kappa shape index (κ2) is 5.33. The minimum absolute atomic E-state index is 0.0267. The van der Waals surface area contributed by atoms with E-state index in [1.54, 1.807) is 6.07 Å². The fourth-order valence-electron chi connectivity index (χ4n) is 2.05. The Hall–Kier alpha value is -1.36. The Balaban J connectivity index is 2.21. The van der Waals surface area contributed by atoms with Crippen molar-refractivity contribution in [3.63, 3.8) is 0 Å². The fraction of sp³-hybridized carbons (Fsp3) is 0.571. The van der Waals surface area contributed by atoms with Crippen molar-refractivity contribution in [2.75, 3.05) is 0 Å². The van der Waals surface area contributed by atoms with Crippen molar-refractivity contribution in [1.82, 2.24) is 4.90 Å². The zero-order valence-corrected chi connectivity index (χ0v) is 12.2. The molecule has 19 heavy (non-hydrogen) atoms. The standard InChI is InChI=1S/C14H19NO3S/c1-8(2)9(3)15(10-4-5-10)13(16)11-6-7-12(19-11)14(17)18/h6-10H,4-5H2,1-3H3,(H,17,18). The molecule has 0 bridgehead atoms. The average Bonchev–Trinajstić information content (AvgIpc) is 3.04. The molecule has 2 rings (SSSR count). The van der Waals surface area contributed by atoms with Crippen molar-refractivity contribution < 1.29 is 14.7 Å². The smallest absolute Gasteiger partial charge is 0.345 e. The number of carbonyl (C=O) groups is 2. The van der Waals surface area contributed by atoms with Crippen LogP contribution in [0.4, 0.5) is 0 Å². The van der Waals surface area contributed by atoms with E-state index in [0.29, 0.717) is 16.8 Å². The molecule has 0 aliphatic heterocycles. The number of hydrogen-bond acceptors (Lipinski definition) is 3. The molecule has 1 aromatic heterocycles. The zero-order valence-electron chi connectivity index (χ0n) is 11.4. The molecule has 0 saturated heterocycles. The van der Waals surface area contributed by atoms with Crippen LogP contribution in [0, 0.1) is 5.92 Å². The van der Waals surface area contributed by atoms with E-state index in [-0.39, 0.29) is 16.8 Å². The summed E-state index contributed by atoms with van der Waals surface area (Å²) in [6, 6.07) is 3.64. The molecule has 1 N–H and O–H groups in total. The van der Waals surface area contributed by atoms with Crippen molar-refractivity contribution in [3.05, 3.63) is 21.9 Å². The van der Waals surface area contributed by atoms with E-state index < -0.39 is 5.97 Å². The van der Waals surface area contributed by atoms with Gasteiger partial charge in [-0.3, -0.25) is 4.79 Å². The molecule has 4 nitrogen and oxygen atoms in total. The van der Waals surface area contributed by atoms with Crippen LogP contribution in [0.2, 0.25) is 0 Å². The zero-order chi connectivity index (χ0) is 14.2. The average molecular weight is 281 g/mol. The third-order valence-corrected chi connectivity index (χ3v) is 4.67. The molecule has 1 aromatic rings. The van der Waals surface area contributed by atoms with Gasteiger partial charge in [-0.05, 0) is 37.8 Å². The third kappa shape index (κ3) is 2.97. The molecule has 0 spiro atoms. The molecule has 1 aliphatic carbocycles. The summed E-state index contributed by atoms with van der Waals surface area (Å²) in [4.78, 5) is 26.1. The van der Waals surface area contributed by atoms with E-state index >= 15 is 0 Å². The van der Waals surface area contributed by atoms with Crippen molar-refractivity contribution in [2.45, 2.75) is 45.7 Å². The largest absolute Gasteiger partial charge is 0.477 e. The maximum Gasteiger partial charge on any atom is 0.345 e. The predicted octanol–water partition coefficient (Wildman–Crippen LogP) is 3.10. The summed E-state index contributed by atoms with van der Waals surface area (Å²) >= 11 is 1.06. The van der Waals surface area contributed by atoms with Crippen LogP contribution in [0.15, 0.2) is 12.1 Å². The molecular weight excluding hydrogens is 262 g/mol. The normalized spacial score (nSPS) is 16.4. The van der Waals surface area contributed by atoms with E-state index in [1.165, 1.54) is 6.07 Å². The summed E-state index contributed by atoms with van der Waals surface area (Å²) in [6.07, 6.45) is 2.11. The molecule has 1 fully saturated rings. The van der Waals surface area contributed by atoms with Crippen LogP contribution in [0.1, 0.15) is 53.0 Å². The Morgan fingerprint density at radius 3 is 2.26 bits per heavy atom. The highest BCUT2D eigenvalue weighted by molar-refractivity contribution is 7.15. The highest BCUT2D eigenvalue weighted by atomic mass is 32.1. The van der Waals surface area contributed by atoms with Crippen LogP contribution in [0.25, 0.3) is 0 Å². The summed E-state index contributed by atoms with van der Waals surface area (Å²) in [5, 5.41) is 8.92. The van der Waals surface area contributed by atoms with Crippen LogP contribution in [-0.2, 0) is 0 Å². The van der Waals surface area contributed by atoms with Crippen LogP contribution in [-0.4, -0.2) is 34.0 Å². The summed E-state index contributed by atoms with van der Waals surface area (Å²) in [5.41, 5.74) is 0. The first-order chi connectivity index (χ1) is 8.91. The Kier molecular flexibility index (Phi) is 3.94. The number of carbonyl (C=O) groups excluding carboxylic acids is 1. The molecule has 1 saturated carbocycles. The van der Waals surface area contributed by atoms with E-state index in [0.717, 1.165) is 24.2 Å². The summed E-state index contributed by atoms with van der Waals surface area (Å²) in [7, 11) is 0. The number of rotatable bonds is 5. The lowest BCUT2D eigenvalue weighted by Gasteiger charge is -2.31. The topological polar surface area (TPSA) is 57.6 Å². The molecule has 104 valence electrons. The minimum Gasteiger partial charge on any atom is -0.477 e. The van der Waals surface area contributed by atoms with Gasteiger partial charge in [0.25, 0.3) is 5.91 Å². The van der Waals surface area contributed by atoms with Crippen molar-refractivity contribution in [1.29, 1.82) is 0 Å². The highest BCUT2D eigenvalue weighted by Gasteiger charge is 2.37. The third-order valence-electron chi connectivity index (χ3n) is 3.61. The van der Waals surface area contributed by atoms with E-state index in [1.807, 2.05) is 4.90 Å². The van der Waals surface area contributed by atoms with E-state index in [2.05, 4.69) is 20.8 Å². The van der Waals surface area contributed by atoms with Gasteiger partial charge >= 0.3 is 5.97 Å². The molecule has 1 amide bonds. The van der Waals surface area contributed by atoms with Crippen LogP contribution in [0.5, 0.6) is 0 Å². The Morgan fingerprint density at radius 1 is 1.26 bits per heavy atom. The number of hydrogen-bond donors (Lipinski definition) is 1. The highest BCUT2D eigenvalue weighted by Crippen LogP contribution is 2.33. The number of amides is 1. The molecule has 1 heterocycles. The van der Waals surface area contributed by atoms with Gasteiger partial charge in [-0.1, -0.05) is 13.8 Å². The first-order valence-electron chi connectivity index (χ1n) is 6.57. The van der Waals surface area contributed by atoms with Crippen molar-refractivity contribution >= 4 is 23.2 Å². The lowest BCUT2D eigenvalue weighted by atomic mass is 10.0. The van der Waals surface area contributed by atoms with Gasteiger partial charge in [0.2, 0.25) is 0 Å². The Bertz CT molecular complexity index is 491.